The molecule has 1 aromatic rings. The number of rotatable bonds is 4. The van der Waals surface area contributed by atoms with Crippen LogP contribution in [0.5, 0.6) is 0 Å². The van der Waals surface area contributed by atoms with Crippen LogP contribution in [0.4, 0.5) is 5.69 Å². The molecule has 2 rings (SSSR count). The molecule has 1 saturated carbocycles. The second-order valence-corrected chi connectivity index (χ2v) is 8.21. The number of benzene rings is 1. The summed E-state index contributed by atoms with van der Waals surface area (Å²) in [5, 5.41) is 2.76. The summed E-state index contributed by atoms with van der Waals surface area (Å²) in [5.74, 6) is -0.248. The van der Waals surface area contributed by atoms with Gasteiger partial charge in [0.2, 0.25) is 15.9 Å². The van der Waals surface area contributed by atoms with Crippen molar-refractivity contribution in [3.63, 3.8) is 0 Å². The molecule has 0 unspecified atom stereocenters. The monoisotopic (exact) mass is 361 g/mol. The van der Waals surface area contributed by atoms with Gasteiger partial charge in [0.1, 0.15) is 0 Å². The summed E-state index contributed by atoms with van der Waals surface area (Å²) in [7, 11) is -0.590. The highest BCUT2D eigenvalue weighted by Gasteiger charge is 2.37. The van der Waals surface area contributed by atoms with E-state index in [-0.39, 0.29) is 23.2 Å². The molecule has 0 atom stereocenters. The summed E-state index contributed by atoms with van der Waals surface area (Å²) in [4.78, 5) is 12.5. The lowest BCUT2D eigenvalue weighted by molar-refractivity contribution is -0.121. The van der Waals surface area contributed by atoms with Gasteiger partial charge in [-0.2, -0.15) is 0 Å². The molecule has 0 spiro atoms. The summed E-state index contributed by atoms with van der Waals surface area (Å²) in [6.45, 7) is 1.73. The van der Waals surface area contributed by atoms with Crippen LogP contribution in [0.1, 0.15) is 31.2 Å². The molecule has 0 radical (unpaired) electrons. The lowest BCUT2D eigenvalue weighted by Gasteiger charge is -2.22. The summed E-state index contributed by atoms with van der Waals surface area (Å²) in [6.07, 6.45) is 3.21. The summed E-state index contributed by atoms with van der Waals surface area (Å²) in [5.41, 5.74) is 6.36. The zero-order chi connectivity index (χ0) is 16.5. The number of hydrogen-bond acceptors (Lipinski definition) is 4. The number of nitrogens with two attached hydrogens (primary N) is 1. The van der Waals surface area contributed by atoms with Crippen molar-refractivity contribution < 1.29 is 13.2 Å². The minimum atomic E-state index is -3.55. The first-order valence-corrected chi connectivity index (χ1v) is 8.74. The Hall–Kier alpha value is -1.15. The molecule has 0 saturated heterocycles. The predicted molar refractivity (Wildman–Crippen MR) is 93.3 cm³/mol. The van der Waals surface area contributed by atoms with Crippen LogP contribution in [-0.4, -0.2) is 38.3 Å². The fourth-order valence-electron chi connectivity index (χ4n) is 2.64. The Morgan fingerprint density at radius 1 is 1.26 bits per heavy atom. The average Bonchev–Trinajstić information content (AvgIpc) is 2.89. The highest BCUT2D eigenvalue weighted by Crippen LogP contribution is 2.29. The first-order chi connectivity index (χ1) is 10.2. The number of anilines is 1. The van der Waals surface area contributed by atoms with E-state index in [9.17, 15) is 13.2 Å². The Labute approximate surface area is 143 Å². The van der Waals surface area contributed by atoms with Crippen LogP contribution in [0.2, 0.25) is 0 Å². The van der Waals surface area contributed by atoms with Crippen molar-refractivity contribution in [3.8, 4) is 0 Å². The van der Waals surface area contributed by atoms with E-state index in [4.69, 9.17) is 5.73 Å². The zero-order valence-corrected chi connectivity index (χ0v) is 15.3. The van der Waals surface area contributed by atoms with Gasteiger partial charge in [-0.3, -0.25) is 4.79 Å². The number of halogens is 1. The number of carbonyl (C=O) groups is 1. The maximum absolute atomic E-state index is 12.3. The molecule has 130 valence electrons. The van der Waals surface area contributed by atoms with Gasteiger partial charge >= 0.3 is 0 Å². The maximum Gasteiger partial charge on any atom is 0.244 e. The van der Waals surface area contributed by atoms with Crippen molar-refractivity contribution in [2.45, 2.75) is 43.0 Å². The van der Waals surface area contributed by atoms with Gasteiger partial charge in [0.15, 0.2) is 0 Å². The van der Waals surface area contributed by atoms with E-state index >= 15 is 0 Å². The van der Waals surface area contributed by atoms with Gasteiger partial charge in [0, 0.05) is 19.8 Å². The van der Waals surface area contributed by atoms with Crippen LogP contribution in [0.3, 0.4) is 0 Å². The van der Waals surface area contributed by atoms with Crippen molar-refractivity contribution >= 4 is 34.0 Å². The average molecular weight is 362 g/mol. The minimum absolute atomic E-state index is 0. The van der Waals surface area contributed by atoms with Gasteiger partial charge in [-0.1, -0.05) is 18.9 Å². The van der Waals surface area contributed by atoms with E-state index in [0.29, 0.717) is 24.1 Å². The highest BCUT2D eigenvalue weighted by atomic mass is 35.5. The van der Waals surface area contributed by atoms with Crippen molar-refractivity contribution in [3.05, 3.63) is 23.8 Å². The van der Waals surface area contributed by atoms with Crippen molar-refractivity contribution in [2.24, 2.45) is 5.73 Å². The molecule has 1 aromatic carbocycles. The van der Waals surface area contributed by atoms with Crippen molar-refractivity contribution in [1.82, 2.24) is 4.31 Å². The highest BCUT2D eigenvalue weighted by molar-refractivity contribution is 7.89. The van der Waals surface area contributed by atoms with Crippen molar-refractivity contribution in [1.29, 1.82) is 0 Å². The Balaban J connectivity index is 0.00000264. The van der Waals surface area contributed by atoms with Crippen LogP contribution in [0, 0.1) is 6.92 Å². The normalized spacial score (nSPS) is 16.9. The van der Waals surface area contributed by atoms with Gasteiger partial charge in [-0.05, 0) is 37.5 Å². The van der Waals surface area contributed by atoms with Gasteiger partial charge in [0.05, 0.1) is 10.4 Å². The molecule has 0 aliphatic heterocycles. The predicted octanol–water partition coefficient (Wildman–Crippen LogP) is 1.88. The van der Waals surface area contributed by atoms with E-state index in [0.717, 1.165) is 17.1 Å². The minimum Gasteiger partial charge on any atom is -0.324 e. The third kappa shape index (κ3) is 4.03. The standard InChI is InChI=1S/C15H23N3O3S.ClH/c1-11-6-7-12(10-13(11)22(20,21)18(2)3)17-14(19)15(16)8-4-5-9-15;/h6-7,10H,4-5,8-9,16H2,1-3H3,(H,17,19);1H. The molecule has 8 heteroatoms. The van der Waals surface area contributed by atoms with Crippen LogP contribution in [-0.2, 0) is 14.8 Å². The van der Waals surface area contributed by atoms with E-state index in [1.807, 2.05) is 0 Å². The van der Waals surface area contributed by atoms with Crippen molar-refractivity contribution in [2.75, 3.05) is 19.4 Å². The largest absolute Gasteiger partial charge is 0.324 e. The smallest absolute Gasteiger partial charge is 0.244 e. The van der Waals surface area contributed by atoms with Gasteiger partial charge in [-0.15, -0.1) is 12.4 Å². The number of carbonyl (C=O) groups excluding carboxylic acids is 1. The molecule has 1 aliphatic carbocycles. The molecule has 0 heterocycles. The molecule has 1 aliphatic rings. The number of amides is 1. The molecular formula is C15H24ClN3O3S. The molecule has 1 amide bonds. The Morgan fingerprint density at radius 2 is 1.83 bits per heavy atom. The van der Waals surface area contributed by atoms with E-state index < -0.39 is 15.6 Å². The summed E-state index contributed by atoms with van der Waals surface area (Å²) in [6, 6.07) is 4.87. The Bertz CT molecular complexity index is 683. The van der Waals surface area contributed by atoms with E-state index in [1.54, 1.807) is 19.1 Å². The second-order valence-electron chi connectivity index (χ2n) is 6.09. The number of nitrogens with one attached hydrogen (secondary N) is 1. The number of nitrogens with zero attached hydrogens (tertiary/aromatic N) is 1. The third-order valence-corrected chi connectivity index (χ3v) is 6.11. The second kappa shape index (κ2) is 7.17. The molecule has 3 N–H and O–H groups in total. The fraction of sp³-hybridized carbons (Fsp3) is 0.533. The Kier molecular flexibility index (Phi) is 6.20. The molecule has 23 heavy (non-hydrogen) atoms. The Morgan fingerprint density at radius 3 is 2.35 bits per heavy atom. The third-order valence-electron chi connectivity index (χ3n) is 4.15. The molecule has 0 bridgehead atoms. The summed E-state index contributed by atoms with van der Waals surface area (Å²) >= 11 is 0. The van der Waals surface area contributed by atoms with E-state index in [2.05, 4.69) is 5.32 Å². The van der Waals surface area contributed by atoms with Crippen LogP contribution in [0.15, 0.2) is 23.1 Å². The lowest BCUT2D eigenvalue weighted by Crippen LogP contribution is -2.48. The number of aryl methyl sites for hydroxylation is 1. The van der Waals surface area contributed by atoms with Gasteiger partial charge in [-0.25, -0.2) is 12.7 Å². The molecule has 1 fully saturated rings. The quantitative estimate of drug-likeness (QED) is 0.856. The topological polar surface area (TPSA) is 92.5 Å². The van der Waals surface area contributed by atoms with Crippen LogP contribution in [0.25, 0.3) is 0 Å². The molecule has 6 nitrogen and oxygen atoms in total. The maximum atomic E-state index is 12.3. The van der Waals surface area contributed by atoms with Gasteiger partial charge < -0.3 is 11.1 Å². The summed E-state index contributed by atoms with van der Waals surface area (Å²) < 4.78 is 25.8. The van der Waals surface area contributed by atoms with Crippen LogP contribution >= 0.6 is 12.4 Å². The SMILES string of the molecule is Cc1ccc(NC(=O)C2(N)CCCC2)cc1S(=O)(=O)N(C)C.Cl. The van der Waals surface area contributed by atoms with Gasteiger partial charge in [0.25, 0.3) is 0 Å². The first kappa shape index (κ1) is 19.9. The first-order valence-electron chi connectivity index (χ1n) is 7.30. The van der Waals surface area contributed by atoms with E-state index in [1.165, 1.54) is 20.2 Å². The molecule has 0 aromatic heterocycles. The zero-order valence-electron chi connectivity index (χ0n) is 13.6. The lowest BCUT2D eigenvalue weighted by atomic mass is 9.98. The molecular weight excluding hydrogens is 338 g/mol. The fourth-order valence-corrected chi connectivity index (χ4v) is 3.79. The van der Waals surface area contributed by atoms with Crippen LogP contribution < -0.4 is 11.1 Å². The number of hydrogen-bond donors (Lipinski definition) is 2. The number of sulfonamides is 1.